The molecule has 2 aromatic carbocycles. The van der Waals surface area contributed by atoms with Crippen molar-refractivity contribution < 1.29 is 22.7 Å². The number of nitrogens with one attached hydrogen (secondary N) is 1. The topological polar surface area (TPSA) is 102 Å². The Morgan fingerprint density at radius 3 is 2.60 bits per heavy atom. The molecule has 1 atom stereocenters. The molecule has 0 aliphatic carbocycles. The fraction of sp³-hybridized carbons (Fsp3) is 0.375. The van der Waals surface area contributed by atoms with Crippen molar-refractivity contribution in [3.63, 3.8) is 0 Å². The second kappa shape index (κ2) is 12.4. The molecule has 4 aromatic rings. The summed E-state index contributed by atoms with van der Waals surface area (Å²) in [5, 5.41) is 16.0. The van der Waals surface area contributed by atoms with Crippen molar-refractivity contribution in [2.75, 3.05) is 44.6 Å². The van der Waals surface area contributed by atoms with E-state index < -0.39 is 17.8 Å². The number of ether oxygens (including phenoxy) is 1. The Kier molecular flexibility index (Phi) is 8.35. The van der Waals surface area contributed by atoms with Crippen LogP contribution >= 0.6 is 0 Å². The Labute approximate surface area is 258 Å². The molecule has 2 aliphatic rings. The molecule has 0 radical (unpaired) electrons. The molecule has 1 fully saturated rings. The molecule has 234 valence electrons. The van der Waals surface area contributed by atoms with Gasteiger partial charge in [-0.15, -0.1) is 0 Å². The van der Waals surface area contributed by atoms with Crippen LogP contribution in [0.2, 0.25) is 0 Å². The van der Waals surface area contributed by atoms with E-state index >= 15 is 0 Å². The number of amides is 2. The first-order chi connectivity index (χ1) is 21.6. The number of alkyl halides is 3. The van der Waals surface area contributed by atoms with Gasteiger partial charge in [0.25, 0.3) is 0 Å². The van der Waals surface area contributed by atoms with E-state index in [2.05, 4.69) is 33.3 Å². The molecule has 2 aromatic heterocycles. The van der Waals surface area contributed by atoms with Crippen LogP contribution < -0.4 is 10.1 Å². The zero-order valence-corrected chi connectivity index (χ0v) is 25.0. The first-order valence-electron chi connectivity index (χ1n) is 14.9. The molecule has 0 bridgehead atoms. The van der Waals surface area contributed by atoms with Crippen molar-refractivity contribution in [2.45, 2.75) is 39.0 Å². The van der Waals surface area contributed by atoms with E-state index in [-0.39, 0.29) is 29.7 Å². The minimum atomic E-state index is -4.55. The van der Waals surface area contributed by atoms with E-state index in [1.165, 1.54) is 16.9 Å². The number of urea groups is 1. The normalized spacial score (nSPS) is 17.6. The third-order valence-corrected chi connectivity index (χ3v) is 8.60. The summed E-state index contributed by atoms with van der Waals surface area (Å²) in [7, 11) is 0. The van der Waals surface area contributed by atoms with E-state index in [1.807, 2.05) is 30.0 Å². The van der Waals surface area contributed by atoms with Crippen molar-refractivity contribution in [1.29, 1.82) is 5.26 Å². The lowest BCUT2D eigenvalue weighted by Crippen LogP contribution is -2.45. The molecule has 0 spiro atoms. The average Bonchev–Trinajstić information content (AvgIpc) is 3.47. The van der Waals surface area contributed by atoms with Crippen LogP contribution in [0.15, 0.2) is 55.0 Å². The zero-order valence-electron chi connectivity index (χ0n) is 25.0. The highest BCUT2D eigenvalue weighted by Crippen LogP contribution is 2.37. The summed E-state index contributed by atoms with van der Waals surface area (Å²) in [6, 6.07) is 12.5. The highest BCUT2D eigenvalue weighted by molar-refractivity contribution is 5.90. The van der Waals surface area contributed by atoms with Crippen molar-refractivity contribution in [1.82, 2.24) is 29.3 Å². The first kappa shape index (κ1) is 30.4. The first-order valence-corrected chi connectivity index (χ1v) is 14.9. The van der Waals surface area contributed by atoms with Crippen LogP contribution in [0.5, 0.6) is 11.6 Å². The van der Waals surface area contributed by atoms with Gasteiger partial charge in [-0.25, -0.2) is 9.31 Å². The summed E-state index contributed by atoms with van der Waals surface area (Å²) in [6.45, 7) is 8.57. The van der Waals surface area contributed by atoms with E-state index in [4.69, 9.17) is 4.74 Å². The quantitative estimate of drug-likeness (QED) is 0.296. The van der Waals surface area contributed by atoms with Crippen LogP contribution in [-0.2, 0) is 19.1 Å². The molecule has 6 rings (SSSR count). The number of nitriles is 1. The Balaban J connectivity index is 1.17. The molecule has 1 N–H and O–H groups in total. The Bertz CT molecular complexity index is 1760. The van der Waals surface area contributed by atoms with Gasteiger partial charge in [-0.1, -0.05) is 19.1 Å². The number of hydrogen-bond acceptors (Lipinski definition) is 7. The smallest absolute Gasteiger partial charge is 0.416 e. The number of halogens is 3. The number of aromatic nitrogens is 3. The zero-order chi connectivity index (χ0) is 31.7. The minimum absolute atomic E-state index is 0.0960. The van der Waals surface area contributed by atoms with E-state index in [1.54, 1.807) is 23.2 Å². The monoisotopic (exact) mass is 618 g/mol. The minimum Gasteiger partial charge on any atom is -0.437 e. The molecule has 2 aliphatic heterocycles. The molecule has 1 saturated heterocycles. The molecule has 10 nitrogen and oxygen atoms in total. The lowest BCUT2D eigenvalue weighted by molar-refractivity contribution is -0.138. The van der Waals surface area contributed by atoms with Crippen LogP contribution in [0.4, 0.5) is 23.7 Å². The summed E-state index contributed by atoms with van der Waals surface area (Å²) in [5.41, 5.74) is 2.42. The van der Waals surface area contributed by atoms with Crippen LogP contribution in [0, 0.1) is 11.3 Å². The van der Waals surface area contributed by atoms with Crippen molar-refractivity contribution in [3.05, 3.63) is 82.8 Å². The van der Waals surface area contributed by atoms with Gasteiger partial charge in [0.1, 0.15) is 23.7 Å². The van der Waals surface area contributed by atoms with Gasteiger partial charge in [0, 0.05) is 51.2 Å². The third-order valence-electron chi connectivity index (χ3n) is 8.60. The van der Waals surface area contributed by atoms with Gasteiger partial charge in [0.2, 0.25) is 5.88 Å². The van der Waals surface area contributed by atoms with Gasteiger partial charge in [0.15, 0.2) is 0 Å². The number of nitrogens with zero attached hydrogens (tertiary/aromatic N) is 7. The average molecular weight is 619 g/mol. The van der Waals surface area contributed by atoms with Crippen LogP contribution in [0.25, 0.3) is 5.52 Å². The number of anilines is 1. The maximum Gasteiger partial charge on any atom is 0.416 e. The number of carbonyl (C=O) groups excluding carboxylic acids is 1. The second-order valence-electron chi connectivity index (χ2n) is 11.3. The van der Waals surface area contributed by atoms with E-state index in [0.717, 1.165) is 36.8 Å². The van der Waals surface area contributed by atoms with Crippen molar-refractivity contribution >= 4 is 17.2 Å². The van der Waals surface area contributed by atoms with Gasteiger partial charge in [-0.3, -0.25) is 4.90 Å². The number of likely N-dealkylation sites (N-methyl/N-ethyl adjacent to an activating group) is 1. The third kappa shape index (κ3) is 6.43. The van der Waals surface area contributed by atoms with E-state index in [0.29, 0.717) is 42.9 Å². The SMILES string of the molecule is CCN1CCN(Cc2ccc(NC(=O)N3CCc4ccc(Oc5ncnn6cc(C#N)cc56)cc4[C@@H]3C)cc2C(F)(F)F)CC1. The van der Waals surface area contributed by atoms with Gasteiger partial charge < -0.3 is 19.9 Å². The number of piperazine rings is 1. The number of rotatable bonds is 6. The molecule has 2 amide bonds. The van der Waals surface area contributed by atoms with Gasteiger partial charge in [-0.2, -0.15) is 28.5 Å². The molecule has 13 heteroatoms. The van der Waals surface area contributed by atoms with Crippen molar-refractivity contribution in [2.24, 2.45) is 0 Å². The lowest BCUT2D eigenvalue weighted by Gasteiger charge is -2.35. The molecular weight excluding hydrogens is 585 g/mol. The highest BCUT2D eigenvalue weighted by Gasteiger charge is 2.35. The molecule has 0 saturated carbocycles. The Morgan fingerprint density at radius 1 is 1.09 bits per heavy atom. The summed E-state index contributed by atoms with van der Waals surface area (Å²) >= 11 is 0. The predicted octanol–water partition coefficient (Wildman–Crippen LogP) is 5.70. The van der Waals surface area contributed by atoms with Crippen LogP contribution in [0.3, 0.4) is 0 Å². The molecular formula is C32H33F3N8O2. The molecule has 4 heterocycles. The number of benzene rings is 2. The van der Waals surface area contributed by atoms with Gasteiger partial charge in [-0.05, 0) is 66.9 Å². The predicted molar refractivity (Wildman–Crippen MR) is 161 cm³/mol. The van der Waals surface area contributed by atoms with Crippen LogP contribution in [0.1, 0.15) is 47.7 Å². The molecule has 0 unspecified atom stereocenters. The highest BCUT2D eigenvalue weighted by atomic mass is 19.4. The summed E-state index contributed by atoms with van der Waals surface area (Å²) < 4.78 is 50.0. The lowest BCUT2D eigenvalue weighted by atomic mass is 9.93. The van der Waals surface area contributed by atoms with Crippen molar-refractivity contribution in [3.8, 4) is 17.7 Å². The van der Waals surface area contributed by atoms with Gasteiger partial charge >= 0.3 is 12.2 Å². The number of carbonyl (C=O) groups is 1. The standard InChI is InChI=1S/C32H33F3N8O2/c1-3-40-10-12-41(13-11-40)19-24-4-6-25(15-28(24)32(33,34)35)39-31(44)42-9-8-23-5-7-26(16-27(23)21(42)2)45-30-29-14-22(17-36)18-43(29)38-20-37-30/h4-7,14-16,18,20-21H,3,8-13,19H2,1-2H3,(H,39,44)/t21-/m0/s1. The summed E-state index contributed by atoms with van der Waals surface area (Å²) in [4.78, 5) is 23.5. The van der Waals surface area contributed by atoms with E-state index in [9.17, 15) is 23.2 Å². The van der Waals surface area contributed by atoms with Crippen LogP contribution in [-0.4, -0.2) is 74.6 Å². The number of hydrogen-bond donors (Lipinski definition) is 1. The maximum atomic E-state index is 14.1. The Morgan fingerprint density at radius 2 is 1.87 bits per heavy atom. The fourth-order valence-electron chi connectivity index (χ4n) is 6.05. The maximum absolute atomic E-state index is 14.1. The number of fused-ring (bicyclic) bond motifs is 2. The fourth-order valence-corrected chi connectivity index (χ4v) is 6.05. The summed E-state index contributed by atoms with van der Waals surface area (Å²) in [5.74, 6) is 0.765. The molecule has 45 heavy (non-hydrogen) atoms. The summed E-state index contributed by atoms with van der Waals surface area (Å²) in [6.07, 6.45) is -1.06. The largest absolute Gasteiger partial charge is 0.437 e. The Hall–Kier alpha value is -4.67. The van der Waals surface area contributed by atoms with Gasteiger partial charge in [0.05, 0.1) is 17.2 Å². The second-order valence-corrected chi connectivity index (χ2v) is 11.3.